The average Bonchev–Trinajstić information content (AvgIpc) is 2.41. The Labute approximate surface area is 94.6 Å². The van der Waals surface area contributed by atoms with Gasteiger partial charge in [0, 0.05) is 0 Å². The number of hydrogen-bond acceptors (Lipinski definition) is 1. The van der Waals surface area contributed by atoms with E-state index in [-0.39, 0.29) is 17.2 Å². The van der Waals surface area contributed by atoms with Gasteiger partial charge in [0.15, 0.2) is 0 Å². The van der Waals surface area contributed by atoms with Gasteiger partial charge in [-0.1, -0.05) is 44.5 Å². The van der Waals surface area contributed by atoms with Crippen LogP contribution in [0.2, 0.25) is 5.02 Å². The van der Waals surface area contributed by atoms with Crippen LogP contribution in [0.15, 0.2) is 18.2 Å². The summed E-state index contributed by atoms with van der Waals surface area (Å²) in [6, 6.07) is 5.65. The Morgan fingerprint density at radius 3 is 2.60 bits per heavy atom. The number of amides is 1. The molecule has 1 amide bonds. The zero-order valence-electron chi connectivity index (χ0n) is 9.10. The number of hydrogen-bond donors (Lipinski definition) is 1. The van der Waals surface area contributed by atoms with Crippen molar-refractivity contribution in [1.29, 1.82) is 0 Å². The summed E-state index contributed by atoms with van der Waals surface area (Å²) in [6.45, 7) is 6.19. The number of para-hydroxylation sites is 1. The van der Waals surface area contributed by atoms with Crippen molar-refractivity contribution in [2.75, 3.05) is 5.32 Å². The van der Waals surface area contributed by atoms with E-state index in [9.17, 15) is 4.79 Å². The molecule has 0 spiro atoms. The van der Waals surface area contributed by atoms with Gasteiger partial charge in [0.05, 0.1) is 16.6 Å². The van der Waals surface area contributed by atoms with Crippen LogP contribution in [-0.4, -0.2) is 5.91 Å². The third-order valence-electron chi connectivity index (χ3n) is 2.73. The molecule has 1 aliphatic rings. The molecule has 1 aliphatic heterocycles. The number of halogens is 1. The summed E-state index contributed by atoms with van der Waals surface area (Å²) in [5.74, 6) is -0.0585. The molecule has 1 aromatic carbocycles. The lowest BCUT2D eigenvalue weighted by Gasteiger charge is -2.25. The third kappa shape index (κ3) is 1.63. The minimum absolute atomic E-state index is 0.0469. The maximum atomic E-state index is 11.9. The molecule has 3 heteroatoms. The van der Waals surface area contributed by atoms with E-state index < -0.39 is 0 Å². The zero-order valence-corrected chi connectivity index (χ0v) is 9.85. The minimum Gasteiger partial charge on any atom is -0.324 e. The van der Waals surface area contributed by atoms with Gasteiger partial charge in [-0.05, 0) is 17.0 Å². The second kappa shape index (κ2) is 3.24. The first-order valence-electron chi connectivity index (χ1n) is 5.00. The number of rotatable bonds is 0. The molecular formula is C12H14ClNO. The predicted octanol–water partition coefficient (Wildman–Crippen LogP) is 3.42. The van der Waals surface area contributed by atoms with Gasteiger partial charge in [0.2, 0.25) is 5.91 Å². The van der Waals surface area contributed by atoms with Crippen molar-refractivity contribution < 1.29 is 4.79 Å². The summed E-state index contributed by atoms with van der Waals surface area (Å²) in [4.78, 5) is 11.9. The highest BCUT2D eigenvalue weighted by molar-refractivity contribution is 6.34. The number of anilines is 1. The highest BCUT2D eigenvalue weighted by atomic mass is 35.5. The Kier molecular flexibility index (Phi) is 2.27. The zero-order chi connectivity index (χ0) is 11.2. The lowest BCUT2D eigenvalue weighted by Crippen LogP contribution is -2.25. The van der Waals surface area contributed by atoms with Gasteiger partial charge in [-0.25, -0.2) is 0 Å². The fraction of sp³-hybridized carbons (Fsp3) is 0.417. The molecule has 0 bridgehead atoms. The Balaban J connectivity index is 2.56. The molecule has 1 atom stereocenters. The standard InChI is InChI=1S/C12H14ClNO/c1-12(2,3)9-7-5-4-6-8(13)10(7)14-11(9)15/h4-6,9H,1-3H3,(H,14,15). The van der Waals surface area contributed by atoms with Crippen molar-refractivity contribution >= 4 is 23.2 Å². The van der Waals surface area contributed by atoms with Crippen LogP contribution in [0.25, 0.3) is 0 Å². The van der Waals surface area contributed by atoms with Crippen LogP contribution in [0.1, 0.15) is 32.3 Å². The molecule has 0 radical (unpaired) electrons. The van der Waals surface area contributed by atoms with Crippen molar-refractivity contribution in [1.82, 2.24) is 0 Å². The molecule has 1 N–H and O–H groups in total. The molecule has 1 unspecified atom stereocenters. The SMILES string of the molecule is CC(C)(C)C1C(=O)Nc2c(Cl)cccc21. The normalized spacial score (nSPS) is 20.0. The summed E-state index contributed by atoms with van der Waals surface area (Å²) in [5, 5.41) is 3.47. The largest absolute Gasteiger partial charge is 0.324 e. The Bertz CT molecular complexity index is 420. The monoisotopic (exact) mass is 223 g/mol. The topological polar surface area (TPSA) is 29.1 Å². The van der Waals surface area contributed by atoms with E-state index in [1.807, 2.05) is 12.1 Å². The molecule has 0 saturated carbocycles. The Morgan fingerprint density at radius 2 is 2.00 bits per heavy atom. The second-order valence-electron chi connectivity index (χ2n) is 4.99. The van der Waals surface area contributed by atoms with Crippen LogP contribution in [-0.2, 0) is 4.79 Å². The van der Waals surface area contributed by atoms with E-state index in [0.29, 0.717) is 5.02 Å². The van der Waals surface area contributed by atoms with Gasteiger partial charge in [-0.2, -0.15) is 0 Å². The Hall–Kier alpha value is -1.02. The van der Waals surface area contributed by atoms with Crippen LogP contribution in [0.5, 0.6) is 0 Å². The molecule has 1 aromatic rings. The molecule has 1 heterocycles. The molecular weight excluding hydrogens is 210 g/mol. The number of fused-ring (bicyclic) bond motifs is 1. The fourth-order valence-electron chi connectivity index (χ4n) is 2.11. The van der Waals surface area contributed by atoms with E-state index in [1.54, 1.807) is 6.07 Å². The number of benzene rings is 1. The van der Waals surface area contributed by atoms with Crippen LogP contribution in [0, 0.1) is 5.41 Å². The summed E-state index contributed by atoms with van der Waals surface area (Å²) in [7, 11) is 0. The smallest absolute Gasteiger partial charge is 0.232 e. The first-order chi connectivity index (χ1) is 6.91. The third-order valence-corrected chi connectivity index (χ3v) is 3.05. The molecule has 80 valence electrons. The first kappa shape index (κ1) is 10.5. The Morgan fingerprint density at radius 1 is 1.33 bits per heavy atom. The van der Waals surface area contributed by atoms with Crippen molar-refractivity contribution in [3.8, 4) is 0 Å². The van der Waals surface area contributed by atoms with Gasteiger partial charge in [0.25, 0.3) is 0 Å². The molecule has 0 fully saturated rings. The van der Waals surface area contributed by atoms with Crippen LogP contribution in [0.4, 0.5) is 5.69 Å². The maximum absolute atomic E-state index is 11.9. The summed E-state index contributed by atoms with van der Waals surface area (Å²) < 4.78 is 0. The van der Waals surface area contributed by atoms with E-state index in [0.717, 1.165) is 11.3 Å². The molecule has 2 nitrogen and oxygen atoms in total. The van der Waals surface area contributed by atoms with Crippen molar-refractivity contribution in [3.05, 3.63) is 28.8 Å². The average molecular weight is 224 g/mol. The van der Waals surface area contributed by atoms with Crippen molar-refractivity contribution in [3.63, 3.8) is 0 Å². The molecule has 0 aliphatic carbocycles. The molecule has 0 aromatic heterocycles. The van der Waals surface area contributed by atoms with Crippen LogP contribution >= 0.6 is 11.6 Å². The number of carbonyl (C=O) groups excluding carboxylic acids is 1. The van der Waals surface area contributed by atoms with Gasteiger partial charge >= 0.3 is 0 Å². The first-order valence-corrected chi connectivity index (χ1v) is 5.38. The van der Waals surface area contributed by atoms with Crippen LogP contribution < -0.4 is 5.32 Å². The van der Waals surface area contributed by atoms with Gasteiger partial charge < -0.3 is 5.32 Å². The van der Waals surface area contributed by atoms with E-state index in [4.69, 9.17) is 11.6 Å². The summed E-state index contributed by atoms with van der Waals surface area (Å²) in [5.41, 5.74) is 1.71. The lowest BCUT2D eigenvalue weighted by molar-refractivity contribution is -0.119. The highest BCUT2D eigenvalue weighted by Gasteiger charge is 2.39. The second-order valence-corrected chi connectivity index (χ2v) is 5.40. The van der Waals surface area contributed by atoms with Crippen molar-refractivity contribution in [2.24, 2.45) is 5.41 Å². The lowest BCUT2D eigenvalue weighted by atomic mass is 9.77. The highest BCUT2D eigenvalue weighted by Crippen LogP contribution is 2.45. The fourth-order valence-corrected chi connectivity index (χ4v) is 2.34. The minimum atomic E-state index is -0.105. The molecule has 0 saturated heterocycles. The molecule has 2 rings (SSSR count). The van der Waals surface area contributed by atoms with Gasteiger partial charge in [0.1, 0.15) is 0 Å². The summed E-state index contributed by atoms with van der Waals surface area (Å²) >= 11 is 6.04. The quantitative estimate of drug-likeness (QED) is 0.718. The van der Waals surface area contributed by atoms with Gasteiger partial charge in [-0.3, -0.25) is 4.79 Å². The van der Waals surface area contributed by atoms with Crippen molar-refractivity contribution in [2.45, 2.75) is 26.7 Å². The van der Waals surface area contributed by atoms with E-state index in [2.05, 4.69) is 26.1 Å². The number of carbonyl (C=O) groups is 1. The number of nitrogens with one attached hydrogen (secondary N) is 1. The van der Waals surface area contributed by atoms with E-state index in [1.165, 1.54) is 0 Å². The van der Waals surface area contributed by atoms with Crippen LogP contribution in [0.3, 0.4) is 0 Å². The summed E-state index contributed by atoms with van der Waals surface area (Å²) in [6.07, 6.45) is 0. The van der Waals surface area contributed by atoms with E-state index >= 15 is 0 Å². The maximum Gasteiger partial charge on any atom is 0.232 e. The predicted molar refractivity (Wildman–Crippen MR) is 62.3 cm³/mol. The van der Waals surface area contributed by atoms with Gasteiger partial charge in [-0.15, -0.1) is 0 Å². The molecule has 15 heavy (non-hydrogen) atoms.